The van der Waals surface area contributed by atoms with Crippen molar-refractivity contribution in [3.63, 3.8) is 0 Å². The molecule has 120 valence electrons. The van der Waals surface area contributed by atoms with Gasteiger partial charge in [-0.1, -0.05) is 30.0 Å². The molecular formula is C15H15N3O4S. The highest BCUT2D eigenvalue weighted by molar-refractivity contribution is 7.99. The molecule has 1 aromatic carbocycles. The van der Waals surface area contributed by atoms with E-state index >= 15 is 0 Å². The predicted octanol–water partition coefficient (Wildman–Crippen LogP) is 2.28. The number of para-hydroxylation sites is 1. The van der Waals surface area contributed by atoms with E-state index in [0.29, 0.717) is 18.2 Å². The molecule has 23 heavy (non-hydrogen) atoms. The minimum absolute atomic E-state index is 0.0723. The first kappa shape index (κ1) is 16.8. The fourth-order valence-corrected chi connectivity index (χ4v) is 2.30. The van der Waals surface area contributed by atoms with Crippen LogP contribution in [0, 0.1) is 10.1 Å². The van der Waals surface area contributed by atoms with Crippen molar-refractivity contribution in [1.82, 2.24) is 10.3 Å². The molecule has 0 aliphatic carbocycles. The second kappa shape index (κ2) is 8.74. The van der Waals surface area contributed by atoms with Crippen LogP contribution in [0.1, 0.15) is 0 Å². The van der Waals surface area contributed by atoms with Gasteiger partial charge in [0.25, 0.3) is 5.69 Å². The Balaban J connectivity index is 1.64. The molecule has 2 rings (SSSR count). The van der Waals surface area contributed by atoms with Gasteiger partial charge in [-0.3, -0.25) is 14.9 Å². The third-order valence-corrected chi connectivity index (χ3v) is 3.66. The van der Waals surface area contributed by atoms with Crippen molar-refractivity contribution >= 4 is 23.4 Å². The molecule has 0 atom stereocenters. The molecule has 0 saturated heterocycles. The Kier molecular flexibility index (Phi) is 6.37. The topological polar surface area (TPSA) is 94.4 Å². The molecule has 0 spiro atoms. The summed E-state index contributed by atoms with van der Waals surface area (Å²) >= 11 is 1.22. The maximum Gasteiger partial charge on any atom is 0.287 e. The van der Waals surface area contributed by atoms with E-state index in [2.05, 4.69) is 10.3 Å². The molecule has 1 aromatic heterocycles. The van der Waals surface area contributed by atoms with E-state index in [-0.39, 0.29) is 17.3 Å². The zero-order chi connectivity index (χ0) is 16.5. The Morgan fingerprint density at radius 2 is 2.04 bits per heavy atom. The van der Waals surface area contributed by atoms with Crippen LogP contribution in [0.5, 0.6) is 5.75 Å². The number of thioether (sulfide) groups is 1. The van der Waals surface area contributed by atoms with Crippen LogP contribution in [0.4, 0.5) is 5.69 Å². The van der Waals surface area contributed by atoms with E-state index in [4.69, 9.17) is 4.74 Å². The first-order valence-corrected chi connectivity index (χ1v) is 7.81. The van der Waals surface area contributed by atoms with Crippen molar-refractivity contribution < 1.29 is 14.5 Å². The zero-order valence-corrected chi connectivity index (χ0v) is 13.0. The number of carbonyl (C=O) groups is 1. The fourth-order valence-electron chi connectivity index (χ4n) is 1.63. The molecule has 1 heterocycles. The molecule has 0 fully saturated rings. The molecule has 0 radical (unpaired) electrons. The Morgan fingerprint density at radius 3 is 2.70 bits per heavy atom. The summed E-state index contributed by atoms with van der Waals surface area (Å²) in [6.07, 6.45) is 1.17. The van der Waals surface area contributed by atoms with Gasteiger partial charge in [-0.15, -0.1) is 0 Å². The lowest BCUT2D eigenvalue weighted by Crippen LogP contribution is -2.29. The van der Waals surface area contributed by atoms with E-state index in [1.54, 1.807) is 0 Å². The third kappa shape index (κ3) is 5.95. The van der Waals surface area contributed by atoms with Crippen LogP contribution in [-0.4, -0.2) is 34.7 Å². The molecule has 0 aliphatic heterocycles. The summed E-state index contributed by atoms with van der Waals surface area (Å²) in [5.41, 5.74) is -0.0723. The quantitative estimate of drug-likeness (QED) is 0.345. The van der Waals surface area contributed by atoms with E-state index in [9.17, 15) is 14.9 Å². The van der Waals surface area contributed by atoms with Gasteiger partial charge in [-0.2, -0.15) is 0 Å². The number of rotatable bonds is 8. The van der Waals surface area contributed by atoms with Gasteiger partial charge >= 0.3 is 0 Å². The Bertz CT molecular complexity index is 650. The number of nitrogens with zero attached hydrogens (tertiary/aromatic N) is 2. The number of hydrogen-bond acceptors (Lipinski definition) is 6. The Hall–Kier alpha value is -2.61. The highest BCUT2D eigenvalue weighted by atomic mass is 32.2. The van der Waals surface area contributed by atoms with Gasteiger partial charge in [0.15, 0.2) is 0 Å². The van der Waals surface area contributed by atoms with Crippen LogP contribution >= 0.6 is 11.8 Å². The monoisotopic (exact) mass is 333 g/mol. The van der Waals surface area contributed by atoms with Crippen molar-refractivity contribution in [3.8, 4) is 5.75 Å². The maximum atomic E-state index is 11.7. The molecule has 0 unspecified atom stereocenters. The molecule has 0 saturated carbocycles. The van der Waals surface area contributed by atoms with Crippen LogP contribution in [0.15, 0.2) is 53.7 Å². The minimum atomic E-state index is -0.513. The second-order valence-electron chi connectivity index (χ2n) is 4.41. The number of pyridine rings is 1. The van der Waals surface area contributed by atoms with E-state index in [1.807, 2.05) is 30.3 Å². The van der Waals surface area contributed by atoms with Gasteiger partial charge in [0.05, 0.1) is 22.2 Å². The normalized spacial score (nSPS) is 10.1. The van der Waals surface area contributed by atoms with Crippen LogP contribution in [0.25, 0.3) is 0 Å². The van der Waals surface area contributed by atoms with Crippen LogP contribution in [0.2, 0.25) is 0 Å². The number of amides is 1. The number of carbonyl (C=O) groups excluding carboxylic acids is 1. The molecule has 8 heteroatoms. The summed E-state index contributed by atoms with van der Waals surface area (Å²) in [4.78, 5) is 25.6. The molecule has 0 bridgehead atoms. The van der Waals surface area contributed by atoms with Crippen LogP contribution in [0.3, 0.4) is 0 Å². The molecule has 1 N–H and O–H groups in total. The lowest BCUT2D eigenvalue weighted by molar-refractivity contribution is -0.385. The second-order valence-corrected chi connectivity index (χ2v) is 5.41. The molecule has 0 aliphatic rings. The summed E-state index contributed by atoms with van der Waals surface area (Å²) in [5, 5.41) is 13.8. The summed E-state index contributed by atoms with van der Waals surface area (Å²) in [6, 6.07) is 12.2. The summed E-state index contributed by atoms with van der Waals surface area (Å²) < 4.78 is 5.46. The summed E-state index contributed by atoms with van der Waals surface area (Å²) in [5.74, 6) is 0.800. The average molecular weight is 333 g/mol. The van der Waals surface area contributed by atoms with Crippen molar-refractivity contribution in [3.05, 3.63) is 58.8 Å². The van der Waals surface area contributed by atoms with Crippen molar-refractivity contribution in [1.29, 1.82) is 0 Å². The van der Waals surface area contributed by atoms with Crippen LogP contribution < -0.4 is 10.1 Å². The van der Waals surface area contributed by atoms with Crippen molar-refractivity contribution in [2.45, 2.75) is 5.03 Å². The minimum Gasteiger partial charge on any atom is -0.492 e. The first-order valence-electron chi connectivity index (χ1n) is 6.83. The smallest absolute Gasteiger partial charge is 0.287 e. The van der Waals surface area contributed by atoms with E-state index < -0.39 is 4.92 Å². The fraction of sp³-hybridized carbons (Fsp3) is 0.200. The number of benzene rings is 1. The number of ether oxygens (including phenoxy) is 1. The van der Waals surface area contributed by atoms with Gasteiger partial charge < -0.3 is 10.1 Å². The van der Waals surface area contributed by atoms with E-state index in [1.165, 1.54) is 30.1 Å². The summed E-state index contributed by atoms with van der Waals surface area (Å²) in [7, 11) is 0. The third-order valence-electron chi connectivity index (χ3n) is 2.72. The Morgan fingerprint density at radius 1 is 1.26 bits per heavy atom. The van der Waals surface area contributed by atoms with Crippen molar-refractivity contribution in [2.75, 3.05) is 18.9 Å². The van der Waals surface area contributed by atoms with Gasteiger partial charge in [-0.25, -0.2) is 4.98 Å². The lowest BCUT2D eigenvalue weighted by Gasteiger charge is -2.07. The van der Waals surface area contributed by atoms with Gasteiger partial charge in [-0.05, 0) is 18.2 Å². The van der Waals surface area contributed by atoms with Crippen LogP contribution in [-0.2, 0) is 4.79 Å². The SMILES string of the molecule is O=C(CSc1ccc([N+](=O)[O-])cn1)NCCOc1ccccc1. The molecular weight excluding hydrogens is 318 g/mol. The molecule has 2 aromatic rings. The molecule has 7 nitrogen and oxygen atoms in total. The largest absolute Gasteiger partial charge is 0.492 e. The molecule has 1 amide bonds. The zero-order valence-electron chi connectivity index (χ0n) is 12.2. The van der Waals surface area contributed by atoms with Crippen molar-refractivity contribution in [2.24, 2.45) is 0 Å². The van der Waals surface area contributed by atoms with Gasteiger partial charge in [0.1, 0.15) is 18.6 Å². The highest BCUT2D eigenvalue weighted by Crippen LogP contribution is 2.17. The average Bonchev–Trinajstić information content (AvgIpc) is 2.58. The van der Waals surface area contributed by atoms with E-state index in [0.717, 1.165) is 5.75 Å². The summed E-state index contributed by atoms with van der Waals surface area (Å²) in [6.45, 7) is 0.790. The number of aromatic nitrogens is 1. The number of nitro groups is 1. The number of nitrogens with one attached hydrogen (secondary N) is 1. The maximum absolute atomic E-state index is 11.7. The highest BCUT2D eigenvalue weighted by Gasteiger charge is 2.07. The Labute approximate surface area is 137 Å². The van der Waals surface area contributed by atoms with Gasteiger partial charge in [0.2, 0.25) is 5.91 Å². The number of hydrogen-bond donors (Lipinski definition) is 1. The van der Waals surface area contributed by atoms with Gasteiger partial charge in [0, 0.05) is 6.07 Å². The lowest BCUT2D eigenvalue weighted by atomic mass is 10.3. The first-order chi connectivity index (χ1) is 11.1. The predicted molar refractivity (Wildman–Crippen MR) is 86.6 cm³/mol. The standard InChI is InChI=1S/C15H15N3O4S/c19-14(16-8-9-22-13-4-2-1-3-5-13)11-23-15-7-6-12(10-17-15)18(20)21/h1-7,10H,8-9,11H2,(H,16,19).